The maximum Gasteiger partial charge on any atom is 0.266 e. The fourth-order valence-electron chi connectivity index (χ4n) is 4.76. The Bertz CT molecular complexity index is 1630. The largest absolute Gasteiger partial charge is 0.497 e. The molecule has 10 heteroatoms. The van der Waals surface area contributed by atoms with E-state index in [1.807, 2.05) is 13.0 Å². The fraction of sp³-hybridized carbons (Fsp3) is 0.344. The molecule has 1 heterocycles. The number of carbonyl (C=O) groups is 1. The van der Waals surface area contributed by atoms with Crippen molar-refractivity contribution in [3.05, 3.63) is 80.8 Å². The van der Waals surface area contributed by atoms with Crippen LogP contribution in [0.25, 0.3) is 16.6 Å². The number of ether oxygens (including phenoxy) is 4. The van der Waals surface area contributed by atoms with E-state index in [1.165, 1.54) is 4.57 Å². The van der Waals surface area contributed by atoms with Gasteiger partial charge in [0.05, 0.1) is 55.5 Å². The maximum atomic E-state index is 14.2. The highest BCUT2D eigenvalue weighted by atomic mass is 79.9. The van der Waals surface area contributed by atoms with Crippen LogP contribution in [0.4, 0.5) is 0 Å². The molecular weight excluding hydrogens is 602 g/mol. The molecule has 0 fully saturated rings. The van der Waals surface area contributed by atoms with E-state index in [-0.39, 0.29) is 11.5 Å². The Kier molecular flexibility index (Phi) is 9.78. The van der Waals surface area contributed by atoms with Gasteiger partial charge in [-0.05, 0) is 59.5 Å². The smallest absolute Gasteiger partial charge is 0.266 e. The summed E-state index contributed by atoms with van der Waals surface area (Å²) >= 11 is 3.63. The lowest BCUT2D eigenvalue weighted by Crippen LogP contribution is -2.38. The maximum absolute atomic E-state index is 14.2. The molecule has 4 aromatic rings. The summed E-state index contributed by atoms with van der Waals surface area (Å²) in [5, 5.41) is 0.444. The van der Waals surface area contributed by atoms with E-state index in [0.717, 1.165) is 6.42 Å². The van der Waals surface area contributed by atoms with Crippen LogP contribution in [0.5, 0.6) is 23.0 Å². The Balaban J connectivity index is 1.98. The van der Waals surface area contributed by atoms with Crippen LogP contribution in [-0.4, -0.2) is 55.3 Å². The van der Waals surface area contributed by atoms with Gasteiger partial charge in [-0.25, -0.2) is 4.98 Å². The van der Waals surface area contributed by atoms with Crippen LogP contribution in [0, 0.1) is 5.92 Å². The van der Waals surface area contributed by atoms with Gasteiger partial charge in [0.15, 0.2) is 0 Å². The first-order valence-corrected chi connectivity index (χ1v) is 14.4. The second kappa shape index (κ2) is 13.3. The Hall–Kier alpha value is -4.05. The van der Waals surface area contributed by atoms with Crippen LogP contribution in [0.3, 0.4) is 0 Å². The summed E-state index contributed by atoms with van der Waals surface area (Å²) in [6, 6.07) is 15.1. The summed E-state index contributed by atoms with van der Waals surface area (Å²) in [5.74, 6) is 2.47. The van der Waals surface area contributed by atoms with E-state index in [9.17, 15) is 9.59 Å². The Morgan fingerprint density at radius 3 is 2.12 bits per heavy atom. The molecule has 1 unspecified atom stereocenters. The minimum absolute atomic E-state index is 0.239. The molecule has 0 N–H and O–H groups in total. The van der Waals surface area contributed by atoms with Gasteiger partial charge in [-0.15, -0.1) is 0 Å². The molecule has 0 saturated carbocycles. The fourth-order valence-corrected chi connectivity index (χ4v) is 5.32. The Morgan fingerprint density at radius 1 is 0.905 bits per heavy atom. The first-order valence-electron chi connectivity index (χ1n) is 13.6. The average Bonchev–Trinajstić information content (AvgIpc) is 3.00. The third kappa shape index (κ3) is 6.23. The molecule has 0 aliphatic heterocycles. The number of methoxy groups -OCH3 is 4. The molecule has 1 atom stereocenters. The van der Waals surface area contributed by atoms with Crippen molar-refractivity contribution >= 4 is 32.7 Å². The molecule has 9 nitrogen and oxygen atoms in total. The van der Waals surface area contributed by atoms with E-state index < -0.39 is 6.04 Å². The standard InChI is InChI=1S/C32H36BrN3O6/c1-19(2)12-13-35(31(37)21-14-22(39-4)16-23(15-21)40-5)20(3)30-34-26-11-9-8-10-25(26)32(38)36(30)27-17-24(41-6)18-28(42-7)29(27)33/h8-11,14-20H,12-13H2,1-7H3. The van der Waals surface area contributed by atoms with E-state index in [0.29, 0.717) is 67.9 Å². The van der Waals surface area contributed by atoms with Crippen molar-refractivity contribution in [2.45, 2.75) is 33.2 Å². The molecule has 3 aromatic carbocycles. The lowest BCUT2D eigenvalue weighted by molar-refractivity contribution is 0.0670. The number of carbonyl (C=O) groups excluding carboxylic acids is 1. The molecule has 0 aliphatic carbocycles. The molecule has 0 aliphatic rings. The van der Waals surface area contributed by atoms with Gasteiger partial charge in [0.25, 0.3) is 11.5 Å². The topological polar surface area (TPSA) is 92.1 Å². The van der Waals surface area contributed by atoms with E-state index in [2.05, 4.69) is 29.8 Å². The second-order valence-electron chi connectivity index (χ2n) is 10.2. The van der Waals surface area contributed by atoms with Crippen LogP contribution in [0.1, 0.15) is 49.4 Å². The summed E-state index contributed by atoms with van der Waals surface area (Å²) < 4.78 is 24.1. The molecule has 1 aromatic heterocycles. The summed E-state index contributed by atoms with van der Waals surface area (Å²) in [6.07, 6.45) is 0.742. The molecular formula is C32H36BrN3O6. The number of aromatic nitrogens is 2. The Morgan fingerprint density at radius 2 is 1.52 bits per heavy atom. The van der Waals surface area contributed by atoms with Crippen molar-refractivity contribution in [1.29, 1.82) is 0 Å². The summed E-state index contributed by atoms with van der Waals surface area (Å²) in [5.41, 5.74) is 1.14. The van der Waals surface area contributed by atoms with Crippen LogP contribution in [0.15, 0.2) is 63.9 Å². The molecule has 4 rings (SSSR count). The van der Waals surface area contributed by atoms with Crippen molar-refractivity contribution in [2.75, 3.05) is 35.0 Å². The molecule has 222 valence electrons. The predicted octanol–water partition coefficient (Wildman–Crippen LogP) is 6.43. The lowest BCUT2D eigenvalue weighted by Gasteiger charge is -2.31. The van der Waals surface area contributed by atoms with Gasteiger partial charge in [-0.3, -0.25) is 14.2 Å². The number of benzene rings is 3. The number of halogens is 1. The third-order valence-corrected chi connectivity index (χ3v) is 7.94. The van der Waals surface area contributed by atoms with Crippen LogP contribution < -0.4 is 24.5 Å². The monoisotopic (exact) mass is 637 g/mol. The van der Waals surface area contributed by atoms with Gasteiger partial charge in [0.2, 0.25) is 0 Å². The SMILES string of the molecule is COc1cc(OC)cc(C(=O)N(CCC(C)C)C(C)c2nc3ccccc3c(=O)n2-c2cc(OC)cc(OC)c2Br)c1. The van der Waals surface area contributed by atoms with E-state index >= 15 is 0 Å². The van der Waals surface area contributed by atoms with Gasteiger partial charge >= 0.3 is 0 Å². The number of hydrogen-bond donors (Lipinski definition) is 0. The van der Waals surface area contributed by atoms with Gasteiger partial charge in [0, 0.05) is 30.3 Å². The number of hydrogen-bond acceptors (Lipinski definition) is 7. The Labute approximate surface area is 254 Å². The summed E-state index contributed by atoms with van der Waals surface area (Å²) in [7, 11) is 6.18. The normalized spacial score (nSPS) is 11.8. The van der Waals surface area contributed by atoms with Crippen molar-refractivity contribution in [3.63, 3.8) is 0 Å². The number of para-hydroxylation sites is 1. The quantitative estimate of drug-likeness (QED) is 0.187. The van der Waals surface area contributed by atoms with Crippen molar-refractivity contribution in [1.82, 2.24) is 14.5 Å². The zero-order chi connectivity index (χ0) is 30.6. The number of rotatable bonds is 11. The average molecular weight is 639 g/mol. The van der Waals surface area contributed by atoms with Gasteiger partial charge in [-0.1, -0.05) is 26.0 Å². The zero-order valence-corrected chi connectivity index (χ0v) is 26.5. The van der Waals surface area contributed by atoms with Crippen LogP contribution in [0.2, 0.25) is 0 Å². The van der Waals surface area contributed by atoms with Gasteiger partial charge < -0.3 is 23.8 Å². The highest BCUT2D eigenvalue weighted by molar-refractivity contribution is 9.10. The zero-order valence-electron chi connectivity index (χ0n) is 24.9. The summed E-state index contributed by atoms with van der Waals surface area (Å²) in [4.78, 5) is 35.1. The molecule has 0 radical (unpaired) electrons. The molecule has 0 saturated heterocycles. The second-order valence-corrected chi connectivity index (χ2v) is 11.0. The molecule has 42 heavy (non-hydrogen) atoms. The minimum Gasteiger partial charge on any atom is -0.497 e. The number of amides is 1. The van der Waals surface area contributed by atoms with Gasteiger partial charge in [-0.2, -0.15) is 0 Å². The predicted molar refractivity (Wildman–Crippen MR) is 167 cm³/mol. The van der Waals surface area contributed by atoms with Gasteiger partial charge in [0.1, 0.15) is 28.8 Å². The highest BCUT2D eigenvalue weighted by Crippen LogP contribution is 2.37. The van der Waals surface area contributed by atoms with Crippen LogP contribution >= 0.6 is 15.9 Å². The first-order chi connectivity index (χ1) is 20.1. The van der Waals surface area contributed by atoms with E-state index in [4.69, 9.17) is 23.9 Å². The van der Waals surface area contributed by atoms with Crippen molar-refractivity contribution in [2.24, 2.45) is 5.92 Å². The lowest BCUT2D eigenvalue weighted by atomic mass is 10.1. The molecule has 0 spiro atoms. The number of nitrogens with zero attached hydrogens (tertiary/aromatic N) is 3. The number of fused-ring (bicyclic) bond motifs is 1. The van der Waals surface area contributed by atoms with E-state index in [1.54, 1.807) is 81.9 Å². The third-order valence-electron chi connectivity index (χ3n) is 7.14. The molecule has 0 bridgehead atoms. The highest BCUT2D eigenvalue weighted by Gasteiger charge is 2.29. The van der Waals surface area contributed by atoms with Crippen LogP contribution in [-0.2, 0) is 0 Å². The molecule has 1 amide bonds. The van der Waals surface area contributed by atoms with Crippen molar-refractivity contribution in [3.8, 4) is 28.7 Å². The summed E-state index contributed by atoms with van der Waals surface area (Å²) in [6.45, 7) is 6.52. The first kappa shape index (κ1) is 30.9. The minimum atomic E-state index is -0.616. The van der Waals surface area contributed by atoms with Crippen molar-refractivity contribution < 1.29 is 23.7 Å².